The number of rotatable bonds is 8. The van der Waals surface area contributed by atoms with Gasteiger partial charge in [0.1, 0.15) is 0 Å². The molecule has 1 aliphatic rings. The van der Waals surface area contributed by atoms with Crippen LogP contribution in [-0.2, 0) is 4.79 Å². The first-order valence-electron chi connectivity index (χ1n) is 7.55. The van der Waals surface area contributed by atoms with Gasteiger partial charge in [-0.15, -0.1) is 0 Å². The zero-order chi connectivity index (χ0) is 13.5. The van der Waals surface area contributed by atoms with E-state index in [-0.39, 0.29) is 0 Å². The molecule has 1 fully saturated rings. The van der Waals surface area contributed by atoms with Crippen LogP contribution in [0.4, 0.5) is 0 Å². The topological polar surface area (TPSA) is 32.3 Å². The number of hydrogen-bond acceptors (Lipinski definition) is 2. The number of hydrogen-bond donors (Lipinski definition) is 1. The summed E-state index contributed by atoms with van der Waals surface area (Å²) in [5.41, 5.74) is 0. The van der Waals surface area contributed by atoms with Crippen molar-refractivity contribution in [3.05, 3.63) is 0 Å². The smallest absolute Gasteiger partial charge is 0.222 e. The van der Waals surface area contributed by atoms with Crippen molar-refractivity contribution in [3.63, 3.8) is 0 Å². The quantitative estimate of drug-likeness (QED) is 0.675. The lowest BCUT2D eigenvalue weighted by atomic mass is 9.95. The maximum absolute atomic E-state index is 11.8. The van der Waals surface area contributed by atoms with Gasteiger partial charge in [0, 0.05) is 25.6 Å². The minimum atomic E-state index is 0.369. The van der Waals surface area contributed by atoms with E-state index in [9.17, 15) is 4.79 Å². The van der Waals surface area contributed by atoms with Crippen LogP contribution in [0, 0.1) is 11.8 Å². The predicted octanol–water partition coefficient (Wildman–Crippen LogP) is 2.66. The molecule has 106 valence electrons. The van der Waals surface area contributed by atoms with E-state index in [4.69, 9.17) is 0 Å². The molecule has 0 aromatic heterocycles. The summed E-state index contributed by atoms with van der Waals surface area (Å²) in [5, 5.41) is 3.42. The van der Waals surface area contributed by atoms with Gasteiger partial charge in [-0.3, -0.25) is 4.79 Å². The minimum Gasteiger partial charge on any atom is -0.342 e. The van der Waals surface area contributed by atoms with E-state index in [1.54, 1.807) is 0 Å². The van der Waals surface area contributed by atoms with Gasteiger partial charge in [0.2, 0.25) is 5.91 Å². The second-order valence-corrected chi connectivity index (χ2v) is 6.00. The highest BCUT2D eigenvalue weighted by Gasteiger charge is 2.30. The lowest BCUT2D eigenvalue weighted by Gasteiger charge is -2.18. The van der Waals surface area contributed by atoms with Crippen molar-refractivity contribution < 1.29 is 4.79 Å². The Morgan fingerprint density at radius 3 is 2.61 bits per heavy atom. The molecule has 2 unspecified atom stereocenters. The Morgan fingerprint density at radius 1 is 1.33 bits per heavy atom. The number of carbonyl (C=O) groups excluding carboxylic acids is 1. The molecule has 1 N–H and O–H groups in total. The summed E-state index contributed by atoms with van der Waals surface area (Å²) < 4.78 is 0. The van der Waals surface area contributed by atoms with E-state index in [1.807, 2.05) is 0 Å². The van der Waals surface area contributed by atoms with Gasteiger partial charge in [-0.05, 0) is 38.1 Å². The fraction of sp³-hybridized carbons (Fsp3) is 0.933. The third-order valence-corrected chi connectivity index (χ3v) is 4.05. The second kappa shape index (κ2) is 7.78. The maximum atomic E-state index is 11.8. The normalized spacial score (nSPS) is 21.9. The molecule has 3 heteroatoms. The van der Waals surface area contributed by atoms with Gasteiger partial charge >= 0.3 is 0 Å². The van der Waals surface area contributed by atoms with Crippen molar-refractivity contribution in [2.24, 2.45) is 11.8 Å². The van der Waals surface area contributed by atoms with Crippen LogP contribution in [0.5, 0.6) is 0 Å². The molecule has 1 rings (SSSR count). The molecular weight excluding hydrogens is 224 g/mol. The maximum Gasteiger partial charge on any atom is 0.222 e. The Labute approximate surface area is 112 Å². The molecule has 0 aromatic carbocycles. The third kappa shape index (κ3) is 4.97. The van der Waals surface area contributed by atoms with E-state index >= 15 is 0 Å². The summed E-state index contributed by atoms with van der Waals surface area (Å²) in [5.74, 6) is 1.58. The highest BCUT2D eigenvalue weighted by atomic mass is 16.2. The van der Waals surface area contributed by atoms with Crippen LogP contribution >= 0.6 is 0 Å². The molecule has 0 bridgehead atoms. The summed E-state index contributed by atoms with van der Waals surface area (Å²) in [6.07, 6.45) is 4.34. The van der Waals surface area contributed by atoms with Crippen molar-refractivity contribution in [1.29, 1.82) is 0 Å². The van der Waals surface area contributed by atoms with Crippen LogP contribution in [0.1, 0.15) is 53.4 Å². The summed E-state index contributed by atoms with van der Waals surface area (Å²) in [6, 6.07) is 0.604. The standard InChI is InChI=1S/C15H30N2O/c1-5-16-13(4)8-6-7-9-17-11-14(12(2)3)10-15(17)18/h12-14,16H,5-11H2,1-4H3. The lowest BCUT2D eigenvalue weighted by molar-refractivity contribution is -0.127. The van der Waals surface area contributed by atoms with Gasteiger partial charge in [-0.25, -0.2) is 0 Å². The zero-order valence-electron chi connectivity index (χ0n) is 12.5. The Bertz CT molecular complexity index is 253. The van der Waals surface area contributed by atoms with Gasteiger partial charge in [-0.2, -0.15) is 0 Å². The lowest BCUT2D eigenvalue weighted by Crippen LogP contribution is -2.28. The van der Waals surface area contributed by atoms with Crippen molar-refractivity contribution in [3.8, 4) is 0 Å². The molecule has 2 atom stereocenters. The number of likely N-dealkylation sites (tertiary alicyclic amines) is 1. The molecule has 18 heavy (non-hydrogen) atoms. The highest BCUT2D eigenvalue weighted by molar-refractivity contribution is 5.78. The average molecular weight is 254 g/mol. The van der Waals surface area contributed by atoms with Crippen molar-refractivity contribution in [2.45, 2.75) is 59.4 Å². The first kappa shape index (κ1) is 15.5. The van der Waals surface area contributed by atoms with Crippen LogP contribution < -0.4 is 5.32 Å². The average Bonchev–Trinajstić information content (AvgIpc) is 2.67. The van der Waals surface area contributed by atoms with E-state index < -0.39 is 0 Å². The van der Waals surface area contributed by atoms with Gasteiger partial charge in [-0.1, -0.05) is 27.2 Å². The number of carbonyl (C=O) groups is 1. The zero-order valence-corrected chi connectivity index (χ0v) is 12.5. The fourth-order valence-corrected chi connectivity index (χ4v) is 2.67. The summed E-state index contributed by atoms with van der Waals surface area (Å²) >= 11 is 0. The summed E-state index contributed by atoms with van der Waals surface area (Å²) in [6.45, 7) is 11.8. The number of nitrogens with one attached hydrogen (secondary N) is 1. The Balaban J connectivity index is 2.14. The van der Waals surface area contributed by atoms with Crippen LogP contribution in [0.25, 0.3) is 0 Å². The number of nitrogens with zero attached hydrogens (tertiary/aromatic N) is 1. The largest absolute Gasteiger partial charge is 0.342 e. The molecule has 1 heterocycles. The van der Waals surface area contributed by atoms with Gasteiger partial charge < -0.3 is 10.2 Å². The SMILES string of the molecule is CCNC(C)CCCCN1CC(C(C)C)CC1=O. The Morgan fingerprint density at radius 2 is 2.06 bits per heavy atom. The molecule has 1 aliphatic heterocycles. The van der Waals surface area contributed by atoms with Crippen LogP contribution in [0.3, 0.4) is 0 Å². The predicted molar refractivity (Wildman–Crippen MR) is 76.5 cm³/mol. The van der Waals surface area contributed by atoms with Crippen LogP contribution in [0.15, 0.2) is 0 Å². The molecule has 0 saturated carbocycles. The molecule has 0 radical (unpaired) electrons. The molecule has 0 spiro atoms. The Kier molecular flexibility index (Phi) is 6.69. The number of amides is 1. The molecule has 1 amide bonds. The molecule has 1 saturated heterocycles. The monoisotopic (exact) mass is 254 g/mol. The first-order chi connectivity index (χ1) is 8.54. The first-order valence-corrected chi connectivity index (χ1v) is 7.55. The number of unbranched alkanes of at least 4 members (excludes halogenated alkanes) is 1. The fourth-order valence-electron chi connectivity index (χ4n) is 2.67. The van der Waals surface area contributed by atoms with Crippen molar-refractivity contribution >= 4 is 5.91 Å². The van der Waals surface area contributed by atoms with Gasteiger partial charge in [0.05, 0.1) is 0 Å². The van der Waals surface area contributed by atoms with Gasteiger partial charge in [0.25, 0.3) is 0 Å². The minimum absolute atomic E-state index is 0.369. The van der Waals surface area contributed by atoms with Gasteiger partial charge in [0.15, 0.2) is 0 Å². The van der Waals surface area contributed by atoms with Crippen molar-refractivity contribution in [1.82, 2.24) is 10.2 Å². The molecule has 0 aliphatic carbocycles. The van der Waals surface area contributed by atoms with E-state index in [0.717, 1.165) is 32.5 Å². The van der Waals surface area contributed by atoms with E-state index in [0.29, 0.717) is 23.8 Å². The Hall–Kier alpha value is -0.570. The van der Waals surface area contributed by atoms with Crippen molar-refractivity contribution in [2.75, 3.05) is 19.6 Å². The van der Waals surface area contributed by atoms with E-state index in [2.05, 4.69) is 37.9 Å². The van der Waals surface area contributed by atoms with E-state index in [1.165, 1.54) is 12.8 Å². The molecule has 0 aromatic rings. The van der Waals surface area contributed by atoms with Crippen LogP contribution in [0.2, 0.25) is 0 Å². The second-order valence-electron chi connectivity index (χ2n) is 6.00. The highest BCUT2D eigenvalue weighted by Crippen LogP contribution is 2.24. The van der Waals surface area contributed by atoms with Crippen LogP contribution in [-0.4, -0.2) is 36.5 Å². The third-order valence-electron chi connectivity index (χ3n) is 4.05. The summed E-state index contributed by atoms with van der Waals surface area (Å²) in [4.78, 5) is 13.9. The molecule has 3 nitrogen and oxygen atoms in total. The summed E-state index contributed by atoms with van der Waals surface area (Å²) in [7, 11) is 0. The molecular formula is C15H30N2O.